The minimum Gasteiger partial charge on any atom is -0.478 e. The van der Waals surface area contributed by atoms with Crippen molar-refractivity contribution in [1.82, 2.24) is 0 Å². The van der Waals surface area contributed by atoms with E-state index in [2.05, 4.69) is 0 Å². The SMILES string of the molecule is Cc1ccc(S(=O)(=O)N(c2ccccc2C(=O)O)c2cccc(Cl)c2C)cc1. The van der Waals surface area contributed by atoms with Crippen molar-refractivity contribution in [3.8, 4) is 0 Å². The van der Waals surface area contributed by atoms with Crippen LogP contribution in [-0.4, -0.2) is 19.5 Å². The third kappa shape index (κ3) is 3.61. The number of rotatable bonds is 5. The van der Waals surface area contributed by atoms with E-state index in [1.54, 1.807) is 49.4 Å². The summed E-state index contributed by atoms with van der Waals surface area (Å²) in [5.74, 6) is -1.22. The Morgan fingerprint density at radius 2 is 1.50 bits per heavy atom. The molecule has 0 saturated heterocycles. The lowest BCUT2D eigenvalue weighted by Gasteiger charge is -2.27. The van der Waals surface area contributed by atoms with Crippen molar-refractivity contribution < 1.29 is 18.3 Å². The molecule has 3 aromatic rings. The molecule has 3 rings (SSSR count). The Hall–Kier alpha value is -2.83. The molecule has 0 aliphatic carbocycles. The third-order valence-corrected chi connectivity index (χ3v) is 6.52. The van der Waals surface area contributed by atoms with Gasteiger partial charge in [-0.2, -0.15) is 0 Å². The Morgan fingerprint density at radius 3 is 2.14 bits per heavy atom. The van der Waals surface area contributed by atoms with Crippen molar-refractivity contribution >= 4 is 39.0 Å². The largest absolute Gasteiger partial charge is 0.478 e. The Balaban J connectivity index is 2.35. The number of anilines is 2. The molecule has 0 spiro atoms. The van der Waals surface area contributed by atoms with Crippen molar-refractivity contribution in [3.05, 3.63) is 88.4 Å². The van der Waals surface area contributed by atoms with Crippen molar-refractivity contribution in [2.45, 2.75) is 18.7 Å². The number of hydrogen-bond acceptors (Lipinski definition) is 3. The van der Waals surface area contributed by atoms with E-state index in [1.165, 1.54) is 24.3 Å². The van der Waals surface area contributed by atoms with Gasteiger partial charge in [0, 0.05) is 5.02 Å². The number of para-hydroxylation sites is 1. The number of aromatic carboxylic acids is 1. The number of benzene rings is 3. The van der Waals surface area contributed by atoms with E-state index in [4.69, 9.17) is 11.6 Å². The third-order valence-electron chi connectivity index (χ3n) is 4.37. The van der Waals surface area contributed by atoms with Crippen molar-refractivity contribution in [3.63, 3.8) is 0 Å². The first-order valence-electron chi connectivity index (χ1n) is 8.43. The van der Waals surface area contributed by atoms with Crippen LogP contribution in [0.1, 0.15) is 21.5 Å². The summed E-state index contributed by atoms with van der Waals surface area (Å²) in [4.78, 5) is 11.8. The van der Waals surface area contributed by atoms with Crippen molar-refractivity contribution in [2.75, 3.05) is 4.31 Å². The van der Waals surface area contributed by atoms with Gasteiger partial charge in [-0.25, -0.2) is 17.5 Å². The molecule has 0 heterocycles. The predicted octanol–water partition coefficient (Wildman–Crippen LogP) is 5.18. The zero-order valence-electron chi connectivity index (χ0n) is 15.3. The normalized spacial score (nSPS) is 11.2. The van der Waals surface area contributed by atoms with Gasteiger partial charge in [-0.15, -0.1) is 0 Å². The second kappa shape index (κ2) is 7.66. The molecule has 3 aromatic carbocycles. The Kier molecular flexibility index (Phi) is 5.45. The fraction of sp³-hybridized carbons (Fsp3) is 0.0952. The summed E-state index contributed by atoms with van der Waals surface area (Å²) in [6.07, 6.45) is 0. The number of aryl methyl sites for hydroxylation is 1. The van der Waals surface area contributed by atoms with Gasteiger partial charge in [-0.05, 0) is 55.8 Å². The summed E-state index contributed by atoms with van der Waals surface area (Å²) < 4.78 is 28.2. The van der Waals surface area contributed by atoms with Gasteiger partial charge < -0.3 is 5.11 Å². The lowest BCUT2D eigenvalue weighted by Crippen LogP contribution is -2.28. The van der Waals surface area contributed by atoms with E-state index in [9.17, 15) is 18.3 Å². The van der Waals surface area contributed by atoms with Gasteiger partial charge in [0.1, 0.15) is 0 Å². The van der Waals surface area contributed by atoms with E-state index in [-0.39, 0.29) is 16.1 Å². The standard InChI is InChI=1S/C21H18ClNO4S/c1-14-10-12-16(13-11-14)28(26,27)23(19-9-5-7-18(22)15(19)2)20-8-4-3-6-17(20)21(24)25/h3-13H,1-2H3,(H,24,25). The zero-order valence-corrected chi connectivity index (χ0v) is 16.8. The summed E-state index contributed by atoms with van der Waals surface area (Å²) in [7, 11) is -4.11. The lowest BCUT2D eigenvalue weighted by atomic mass is 10.1. The molecule has 0 aliphatic heterocycles. The first kappa shape index (κ1) is 19.9. The number of carbonyl (C=O) groups is 1. The highest BCUT2D eigenvalue weighted by atomic mass is 35.5. The molecule has 0 bridgehead atoms. The van der Waals surface area contributed by atoms with Crippen LogP contribution in [0.3, 0.4) is 0 Å². The van der Waals surface area contributed by atoms with Crippen molar-refractivity contribution in [2.24, 2.45) is 0 Å². The topological polar surface area (TPSA) is 74.7 Å². The highest BCUT2D eigenvalue weighted by Crippen LogP contribution is 2.38. The van der Waals surface area contributed by atoms with Crippen LogP contribution in [0.25, 0.3) is 0 Å². The average molecular weight is 416 g/mol. The quantitative estimate of drug-likeness (QED) is 0.622. The number of carboxylic acid groups (broad SMARTS) is 1. The van der Waals surface area contributed by atoms with Gasteiger partial charge in [0.05, 0.1) is 21.8 Å². The average Bonchev–Trinajstić information content (AvgIpc) is 2.66. The maximum absolute atomic E-state index is 13.6. The first-order valence-corrected chi connectivity index (χ1v) is 10.2. The fourth-order valence-electron chi connectivity index (χ4n) is 2.85. The zero-order chi connectivity index (χ0) is 20.5. The van der Waals surface area contributed by atoms with E-state index in [0.29, 0.717) is 16.3 Å². The van der Waals surface area contributed by atoms with Crippen LogP contribution in [0, 0.1) is 13.8 Å². The minimum atomic E-state index is -4.11. The van der Waals surface area contributed by atoms with Gasteiger partial charge in [-0.3, -0.25) is 0 Å². The molecular weight excluding hydrogens is 398 g/mol. The van der Waals surface area contributed by atoms with Crippen molar-refractivity contribution in [1.29, 1.82) is 0 Å². The molecule has 0 saturated carbocycles. The summed E-state index contributed by atoms with van der Waals surface area (Å²) in [6, 6.07) is 17.3. The maximum Gasteiger partial charge on any atom is 0.337 e. The van der Waals surface area contributed by atoms with Crippen LogP contribution in [0.2, 0.25) is 5.02 Å². The highest BCUT2D eigenvalue weighted by Gasteiger charge is 2.31. The maximum atomic E-state index is 13.6. The molecule has 144 valence electrons. The number of nitrogens with zero attached hydrogens (tertiary/aromatic N) is 1. The van der Waals surface area contributed by atoms with Crippen LogP contribution < -0.4 is 4.31 Å². The molecule has 0 aromatic heterocycles. The molecule has 0 atom stereocenters. The predicted molar refractivity (Wildman–Crippen MR) is 110 cm³/mol. The molecule has 7 heteroatoms. The van der Waals surface area contributed by atoms with Crippen LogP contribution in [0.15, 0.2) is 71.6 Å². The molecule has 5 nitrogen and oxygen atoms in total. The number of sulfonamides is 1. The summed E-state index contributed by atoms with van der Waals surface area (Å²) >= 11 is 6.23. The number of hydrogen-bond donors (Lipinski definition) is 1. The monoisotopic (exact) mass is 415 g/mol. The molecule has 1 N–H and O–H groups in total. The van der Waals surface area contributed by atoms with Gasteiger partial charge >= 0.3 is 5.97 Å². The fourth-order valence-corrected chi connectivity index (χ4v) is 4.59. The van der Waals surface area contributed by atoms with Gasteiger partial charge in [0.2, 0.25) is 0 Å². The Bertz CT molecular complexity index is 1140. The summed E-state index contributed by atoms with van der Waals surface area (Å²) in [5, 5.41) is 9.99. The molecule has 0 fully saturated rings. The van der Waals surface area contributed by atoms with Crippen LogP contribution in [0.5, 0.6) is 0 Å². The molecule has 0 amide bonds. The van der Waals surface area contributed by atoms with E-state index in [0.717, 1.165) is 9.87 Å². The van der Waals surface area contributed by atoms with Gasteiger partial charge in [-0.1, -0.05) is 47.5 Å². The van der Waals surface area contributed by atoms with Crippen LogP contribution in [0.4, 0.5) is 11.4 Å². The molecule has 28 heavy (non-hydrogen) atoms. The van der Waals surface area contributed by atoms with Gasteiger partial charge in [0.15, 0.2) is 0 Å². The smallest absolute Gasteiger partial charge is 0.337 e. The molecule has 0 unspecified atom stereocenters. The van der Waals surface area contributed by atoms with E-state index < -0.39 is 16.0 Å². The summed E-state index contributed by atoms with van der Waals surface area (Å²) in [6.45, 7) is 3.55. The minimum absolute atomic E-state index is 0.0425. The van der Waals surface area contributed by atoms with E-state index in [1.807, 2.05) is 6.92 Å². The first-order chi connectivity index (χ1) is 13.2. The van der Waals surface area contributed by atoms with Gasteiger partial charge in [0.25, 0.3) is 10.0 Å². The second-order valence-electron chi connectivity index (χ2n) is 6.29. The molecule has 0 aliphatic rings. The van der Waals surface area contributed by atoms with Crippen LogP contribution in [-0.2, 0) is 10.0 Å². The number of halogens is 1. The van der Waals surface area contributed by atoms with E-state index >= 15 is 0 Å². The Labute approximate surface area is 168 Å². The lowest BCUT2D eigenvalue weighted by molar-refractivity contribution is 0.0698. The van der Waals surface area contributed by atoms with Crippen LogP contribution >= 0.6 is 11.6 Å². The Morgan fingerprint density at radius 1 is 0.893 bits per heavy atom. The second-order valence-corrected chi connectivity index (χ2v) is 8.48. The summed E-state index contributed by atoms with van der Waals surface area (Å²) in [5.41, 5.74) is 1.65. The number of carboxylic acids is 1. The molecular formula is C21H18ClNO4S. The highest BCUT2D eigenvalue weighted by molar-refractivity contribution is 7.93. The molecule has 0 radical (unpaired) electrons.